The summed E-state index contributed by atoms with van der Waals surface area (Å²) in [5, 5.41) is 16.2. The van der Waals surface area contributed by atoms with Crippen LogP contribution in [-0.2, 0) is 4.79 Å². The number of hydrogen-bond donors (Lipinski definition) is 2. The van der Waals surface area contributed by atoms with Crippen molar-refractivity contribution in [1.82, 2.24) is 10.3 Å². The number of hydrogen-bond acceptors (Lipinski definition) is 5. The summed E-state index contributed by atoms with van der Waals surface area (Å²) < 4.78 is 0. The van der Waals surface area contributed by atoms with Crippen LogP contribution in [0.5, 0.6) is 0 Å². The fourth-order valence-corrected chi connectivity index (χ4v) is 4.56. The molecule has 2 aliphatic rings. The van der Waals surface area contributed by atoms with Crippen molar-refractivity contribution >= 4 is 39.3 Å². The van der Waals surface area contributed by atoms with E-state index in [-0.39, 0.29) is 12.1 Å². The van der Waals surface area contributed by atoms with Crippen LogP contribution in [0.2, 0.25) is 0 Å². The number of carbonyl (C=O) groups is 1. The molecule has 2 N–H and O–H groups in total. The summed E-state index contributed by atoms with van der Waals surface area (Å²) in [5.41, 5.74) is 2.98. The molecule has 2 heterocycles. The highest BCUT2D eigenvalue weighted by atomic mass is 32.2. The summed E-state index contributed by atoms with van der Waals surface area (Å²) in [6.45, 7) is 3.76. The topological polar surface area (TPSA) is 56.7 Å². The van der Waals surface area contributed by atoms with Crippen LogP contribution in [0.1, 0.15) is 23.3 Å². The lowest BCUT2D eigenvalue weighted by Crippen LogP contribution is -2.51. The lowest BCUT2D eigenvalue weighted by molar-refractivity contribution is -0.127. The molecule has 0 radical (unpaired) electrons. The Morgan fingerprint density at radius 2 is 1.79 bits per heavy atom. The van der Waals surface area contributed by atoms with Gasteiger partial charge in [-0.3, -0.25) is 9.80 Å². The lowest BCUT2D eigenvalue weighted by atomic mass is 9.95. The minimum Gasteiger partial charge on any atom is -0.360 e. The van der Waals surface area contributed by atoms with E-state index in [0.717, 1.165) is 27.6 Å². The Hall–Kier alpha value is -3.25. The molecule has 29 heavy (non-hydrogen) atoms. The highest BCUT2D eigenvalue weighted by molar-refractivity contribution is 8.14. The van der Waals surface area contributed by atoms with Crippen molar-refractivity contribution in [1.29, 1.82) is 0 Å². The number of nitrogens with zero attached hydrogens (tertiary/aromatic N) is 2. The second kappa shape index (κ2) is 7.29. The van der Waals surface area contributed by atoms with Crippen molar-refractivity contribution in [2.75, 3.05) is 11.1 Å². The molecular weight excluding hydrogens is 380 g/mol. The molecule has 0 unspecified atom stereocenters. The van der Waals surface area contributed by atoms with Gasteiger partial charge in [-0.15, -0.1) is 11.7 Å². The van der Waals surface area contributed by atoms with Crippen LogP contribution in [0, 0.1) is 0 Å². The quantitative estimate of drug-likeness (QED) is 0.630. The minimum atomic E-state index is -0.482. The molecule has 3 aromatic carbocycles. The molecular formula is C23H20N4OS. The Labute approximate surface area is 173 Å². The van der Waals surface area contributed by atoms with Gasteiger partial charge in [-0.25, -0.2) is 0 Å². The first-order valence-corrected chi connectivity index (χ1v) is 10.5. The summed E-state index contributed by atoms with van der Waals surface area (Å²) in [6, 6.07) is 22.0. The zero-order valence-corrected chi connectivity index (χ0v) is 16.5. The third-order valence-electron chi connectivity index (χ3n) is 5.22. The third kappa shape index (κ3) is 3.06. The molecule has 0 aliphatic carbocycles. The Balaban J connectivity index is 1.68. The van der Waals surface area contributed by atoms with E-state index in [1.54, 1.807) is 6.08 Å². The minimum absolute atomic E-state index is 0.0641. The molecule has 0 saturated heterocycles. The molecule has 2 aliphatic heterocycles. The summed E-state index contributed by atoms with van der Waals surface area (Å²) in [7, 11) is 0. The van der Waals surface area contributed by atoms with E-state index < -0.39 is 6.04 Å². The average Bonchev–Trinajstić information content (AvgIpc) is 2.76. The van der Waals surface area contributed by atoms with Gasteiger partial charge in [0, 0.05) is 22.6 Å². The van der Waals surface area contributed by atoms with Gasteiger partial charge >= 0.3 is 0 Å². The molecule has 2 atom stereocenters. The van der Waals surface area contributed by atoms with E-state index in [1.165, 1.54) is 11.8 Å². The molecule has 6 heteroatoms. The van der Waals surface area contributed by atoms with Gasteiger partial charge in [0.2, 0.25) is 0 Å². The van der Waals surface area contributed by atoms with E-state index in [2.05, 4.69) is 47.5 Å². The number of rotatable bonds is 3. The molecule has 0 fully saturated rings. The molecule has 0 spiro atoms. The maximum Gasteiger partial charge on any atom is 0.255 e. The number of benzene rings is 3. The van der Waals surface area contributed by atoms with Gasteiger partial charge in [-0.1, -0.05) is 78.5 Å². The van der Waals surface area contributed by atoms with Gasteiger partial charge in [0.05, 0.1) is 0 Å². The number of nitrogens with one attached hydrogen (secondary N) is 2. The summed E-state index contributed by atoms with van der Waals surface area (Å²) in [4.78, 5) is 13.1. The lowest BCUT2D eigenvalue weighted by Gasteiger charge is -2.44. The third-order valence-corrected chi connectivity index (χ3v) is 6.08. The molecule has 5 nitrogen and oxygen atoms in total. The Morgan fingerprint density at radius 3 is 2.69 bits per heavy atom. The zero-order chi connectivity index (χ0) is 19.8. The molecule has 1 amide bonds. The largest absolute Gasteiger partial charge is 0.360 e. The van der Waals surface area contributed by atoms with E-state index in [9.17, 15) is 4.79 Å². The maximum absolute atomic E-state index is 13.1. The van der Waals surface area contributed by atoms with Crippen molar-refractivity contribution in [2.45, 2.75) is 12.2 Å². The fourth-order valence-electron chi connectivity index (χ4n) is 3.96. The predicted molar refractivity (Wildman–Crippen MR) is 120 cm³/mol. The Bertz CT molecular complexity index is 1140. The molecule has 0 bridgehead atoms. The number of para-hydroxylation sites is 1. The van der Waals surface area contributed by atoms with Gasteiger partial charge < -0.3 is 10.6 Å². The van der Waals surface area contributed by atoms with Crippen LogP contribution in [0.15, 0.2) is 84.5 Å². The Morgan fingerprint density at radius 1 is 1.03 bits per heavy atom. The number of amidine groups is 1. The fraction of sp³-hybridized carbons (Fsp3) is 0.130. The molecule has 3 aromatic rings. The first-order valence-electron chi connectivity index (χ1n) is 9.51. The van der Waals surface area contributed by atoms with Crippen LogP contribution < -0.4 is 10.6 Å². The SMILES string of the molecule is C=CCSC1=NN2[C@@H](c3cccc4ccccc34)Nc3ccccc3[C@@H]2C(=O)N1. The van der Waals surface area contributed by atoms with E-state index in [1.807, 2.05) is 41.4 Å². The van der Waals surface area contributed by atoms with E-state index in [0.29, 0.717) is 10.9 Å². The molecule has 144 valence electrons. The number of hydrazone groups is 1. The second-order valence-electron chi connectivity index (χ2n) is 6.98. The molecule has 0 saturated carbocycles. The van der Waals surface area contributed by atoms with Crippen LogP contribution in [0.25, 0.3) is 10.8 Å². The van der Waals surface area contributed by atoms with Gasteiger partial charge in [-0.2, -0.15) is 0 Å². The van der Waals surface area contributed by atoms with Gasteiger partial charge in [-0.05, 0) is 16.8 Å². The van der Waals surface area contributed by atoms with Crippen molar-refractivity contribution in [3.8, 4) is 0 Å². The van der Waals surface area contributed by atoms with Crippen molar-refractivity contribution in [2.24, 2.45) is 5.10 Å². The standard InChI is InChI=1S/C23H20N4OS/c1-2-14-29-23-25-22(28)20-18-11-5-6-13-19(18)24-21(27(20)26-23)17-12-7-9-15-8-3-4-10-16(15)17/h2-13,20-21,24H,1,14H2,(H,25,26,28)/t20-,21+/m1/s1. The number of amides is 1. The predicted octanol–water partition coefficient (Wildman–Crippen LogP) is 4.63. The normalized spacial score (nSPS) is 20.2. The number of thioether (sulfide) groups is 1. The summed E-state index contributed by atoms with van der Waals surface area (Å²) in [6.07, 6.45) is 1.54. The summed E-state index contributed by atoms with van der Waals surface area (Å²) in [5.74, 6) is 0.617. The van der Waals surface area contributed by atoms with Gasteiger partial charge in [0.15, 0.2) is 11.2 Å². The van der Waals surface area contributed by atoms with Crippen molar-refractivity contribution in [3.05, 3.63) is 90.5 Å². The maximum atomic E-state index is 13.1. The first kappa shape index (κ1) is 17.8. The van der Waals surface area contributed by atoms with E-state index >= 15 is 0 Å². The van der Waals surface area contributed by atoms with Crippen LogP contribution in [-0.4, -0.2) is 21.8 Å². The number of carbonyl (C=O) groups excluding carboxylic acids is 1. The van der Waals surface area contributed by atoms with Crippen molar-refractivity contribution < 1.29 is 4.79 Å². The molecule has 0 aromatic heterocycles. The second-order valence-corrected chi connectivity index (χ2v) is 7.99. The van der Waals surface area contributed by atoms with Gasteiger partial charge in [0.1, 0.15) is 6.17 Å². The highest BCUT2D eigenvalue weighted by Crippen LogP contribution is 2.43. The van der Waals surface area contributed by atoms with Crippen LogP contribution in [0.4, 0.5) is 5.69 Å². The van der Waals surface area contributed by atoms with Crippen LogP contribution >= 0.6 is 11.8 Å². The monoisotopic (exact) mass is 400 g/mol. The number of anilines is 1. The first-order chi connectivity index (χ1) is 14.3. The summed E-state index contributed by atoms with van der Waals surface area (Å²) >= 11 is 1.47. The molecule has 5 rings (SSSR count). The number of fused-ring (bicyclic) bond motifs is 4. The zero-order valence-electron chi connectivity index (χ0n) is 15.7. The average molecular weight is 401 g/mol. The van der Waals surface area contributed by atoms with Crippen molar-refractivity contribution in [3.63, 3.8) is 0 Å². The smallest absolute Gasteiger partial charge is 0.255 e. The van der Waals surface area contributed by atoms with Crippen LogP contribution in [0.3, 0.4) is 0 Å². The van der Waals surface area contributed by atoms with E-state index in [4.69, 9.17) is 5.10 Å². The Kier molecular flexibility index (Phi) is 4.48. The van der Waals surface area contributed by atoms with Gasteiger partial charge in [0.25, 0.3) is 5.91 Å². The highest BCUT2D eigenvalue weighted by Gasteiger charge is 2.42.